The highest BCUT2D eigenvalue weighted by Gasteiger charge is 2.37. The Kier molecular flexibility index (Phi) is 8.70. The third kappa shape index (κ3) is 6.23. The molecule has 0 saturated carbocycles. The number of likely N-dealkylation sites (N-methyl/N-ethyl adjacent to an activating group) is 1. The summed E-state index contributed by atoms with van der Waals surface area (Å²) in [5.41, 5.74) is 1.93. The summed E-state index contributed by atoms with van der Waals surface area (Å²) in [6.45, 7) is 7.58. The minimum atomic E-state index is -3.82. The zero-order valence-electron chi connectivity index (χ0n) is 20.0. The third-order valence-electron chi connectivity index (χ3n) is 6.06. The molecule has 33 heavy (non-hydrogen) atoms. The van der Waals surface area contributed by atoms with Crippen molar-refractivity contribution in [2.45, 2.75) is 44.2 Å². The molecule has 7 heteroatoms. The lowest BCUT2D eigenvalue weighted by atomic mass is 10.0. The Labute approximate surface area is 198 Å². The van der Waals surface area contributed by atoms with Crippen molar-refractivity contribution in [3.63, 3.8) is 0 Å². The zero-order valence-corrected chi connectivity index (χ0v) is 20.8. The molecule has 6 nitrogen and oxygen atoms in total. The lowest BCUT2D eigenvalue weighted by molar-refractivity contribution is 0.0752. The smallest absolute Gasteiger partial charge is 0.247 e. The number of nitrogens with zero attached hydrogens (tertiary/aromatic N) is 2. The molecule has 3 rings (SSSR count). The fourth-order valence-corrected chi connectivity index (χ4v) is 5.93. The first kappa shape index (κ1) is 25.4. The van der Waals surface area contributed by atoms with Crippen LogP contribution in [0, 0.1) is 5.92 Å². The van der Waals surface area contributed by atoms with Crippen molar-refractivity contribution in [2.75, 3.05) is 33.3 Å². The standard InChI is InChI=1S/C26H36N2O4S/c1-5-15-27(4)18-25-20(2)17-28(21(3)19-29)33(30,31)26-14-13-23(16-24(26)32-25)12-11-22-9-7-6-8-10-22/h6-14,16,20-21,25,29H,5,15,17-19H2,1-4H3/b12-11+/t20-,21+,25+/m0/s1. The second-order valence-corrected chi connectivity index (χ2v) is 10.8. The van der Waals surface area contributed by atoms with E-state index in [1.807, 2.05) is 49.4 Å². The van der Waals surface area contributed by atoms with E-state index in [-0.39, 0.29) is 23.5 Å². The van der Waals surface area contributed by atoms with Crippen molar-refractivity contribution in [3.8, 4) is 5.75 Å². The van der Waals surface area contributed by atoms with Crippen molar-refractivity contribution in [1.29, 1.82) is 0 Å². The first-order chi connectivity index (χ1) is 15.8. The zero-order chi connectivity index (χ0) is 24.0. The Morgan fingerprint density at radius 1 is 1.18 bits per heavy atom. The molecule has 2 aromatic rings. The quantitative estimate of drug-likeness (QED) is 0.589. The van der Waals surface area contributed by atoms with Gasteiger partial charge in [-0.2, -0.15) is 4.31 Å². The summed E-state index contributed by atoms with van der Waals surface area (Å²) in [4.78, 5) is 2.37. The largest absolute Gasteiger partial charge is 0.487 e. The van der Waals surface area contributed by atoms with Crippen LogP contribution in [0.3, 0.4) is 0 Å². The minimum absolute atomic E-state index is 0.0512. The van der Waals surface area contributed by atoms with E-state index in [1.54, 1.807) is 25.1 Å². The fraction of sp³-hybridized carbons (Fsp3) is 0.462. The van der Waals surface area contributed by atoms with Crippen LogP contribution in [0.1, 0.15) is 38.3 Å². The van der Waals surface area contributed by atoms with Gasteiger partial charge in [-0.05, 0) is 50.2 Å². The summed E-state index contributed by atoms with van der Waals surface area (Å²) < 4.78 is 34.9. The SMILES string of the molecule is CCCN(C)C[C@H]1Oc2cc(/C=C/c3ccccc3)ccc2S(=O)(=O)N([C@H](C)CO)C[C@@H]1C. The van der Waals surface area contributed by atoms with Crippen molar-refractivity contribution >= 4 is 22.2 Å². The number of sulfonamides is 1. The molecule has 0 aliphatic carbocycles. The maximum absolute atomic E-state index is 13.6. The number of benzene rings is 2. The van der Waals surface area contributed by atoms with E-state index in [1.165, 1.54) is 4.31 Å². The highest BCUT2D eigenvalue weighted by atomic mass is 32.2. The van der Waals surface area contributed by atoms with Crippen molar-refractivity contribution in [3.05, 3.63) is 59.7 Å². The highest BCUT2D eigenvalue weighted by Crippen LogP contribution is 2.34. The van der Waals surface area contributed by atoms with Crippen LogP contribution in [-0.2, 0) is 10.0 Å². The number of hydrogen-bond donors (Lipinski definition) is 1. The third-order valence-corrected chi connectivity index (χ3v) is 8.08. The maximum Gasteiger partial charge on any atom is 0.247 e. The molecule has 0 amide bonds. The van der Waals surface area contributed by atoms with Gasteiger partial charge in [-0.15, -0.1) is 0 Å². The molecule has 0 saturated heterocycles. The lowest BCUT2D eigenvalue weighted by Crippen LogP contribution is -2.49. The summed E-state index contributed by atoms with van der Waals surface area (Å²) in [6, 6.07) is 14.7. The Hall–Kier alpha value is -2.19. The van der Waals surface area contributed by atoms with Gasteiger partial charge >= 0.3 is 0 Å². The Morgan fingerprint density at radius 3 is 2.55 bits per heavy atom. The van der Waals surface area contributed by atoms with Crippen LogP contribution in [0.25, 0.3) is 12.2 Å². The summed E-state index contributed by atoms with van der Waals surface area (Å²) in [7, 11) is -1.76. The summed E-state index contributed by atoms with van der Waals surface area (Å²) in [6.07, 6.45) is 4.80. The average molecular weight is 473 g/mol. The number of hydrogen-bond acceptors (Lipinski definition) is 5. The molecular weight excluding hydrogens is 436 g/mol. The van der Waals surface area contributed by atoms with Crippen molar-refractivity contribution in [2.24, 2.45) is 5.92 Å². The molecule has 1 N–H and O–H groups in total. The molecule has 2 aromatic carbocycles. The van der Waals surface area contributed by atoms with E-state index in [0.29, 0.717) is 18.8 Å². The molecule has 1 aliphatic heterocycles. The monoisotopic (exact) mass is 472 g/mol. The van der Waals surface area contributed by atoms with Gasteiger partial charge in [0.2, 0.25) is 10.0 Å². The average Bonchev–Trinajstić information content (AvgIpc) is 2.80. The predicted octanol–water partition coefficient (Wildman–Crippen LogP) is 3.97. The Morgan fingerprint density at radius 2 is 1.88 bits per heavy atom. The van der Waals surface area contributed by atoms with Gasteiger partial charge in [-0.3, -0.25) is 0 Å². The van der Waals surface area contributed by atoms with E-state index >= 15 is 0 Å². The topological polar surface area (TPSA) is 70.1 Å². The Bertz CT molecular complexity index is 1040. The van der Waals surface area contributed by atoms with Crippen LogP contribution in [0.2, 0.25) is 0 Å². The predicted molar refractivity (Wildman–Crippen MR) is 134 cm³/mol. The second-order valence-electron chi connectivity index (χ2n) is 8.95. The number of aliphatic hydroxyl groups is 1. The molecule has 0 aromatic heterocycles. The molecular formula is C26H36N2O4S. The van der Waals surface area contributed by atoms with E-state index in [2.05, 4.69) is 18.9 Å². The van der Waals surface area contributed by atoms with Gasteiger partial charge in [0.25, 0.3) is 0 Å². The lowest BCUT2D eigenvalue weighted by Gasteiger charge is -2.37. The maximum atomic E-state index is 13.6. The van der Waals surface area contributed by atoms with Crippen LogP contribution in [-0.4, -0.2) is 68.2 Å². The number of fused-ring (bicyclic) bond motifs is 1. The molecule has 1 aliphatic rings. The van der Waals surface area contributed by atoms with E-state index in [0.717, 1.165) is 24.1 Å². The van der Waals surface area contributed by atoms with E-state index < -0.39 is 16.1 Å². The van der Waals surface area contributed by atoms with Gasteiger partial charge < -0.3 is 14.7 Å². The van der Waals surface area contributed by atoms with E-state index in [4.69, 9.17) is 4.74 Å². The van der Waals surface area contributed by atoms with Crippen LogP contribution < -0.4 is 4.74 Å². The molecule has 0 bridgehead atoms. The van der Waals surface area contributed by atoms with Crippen LogP contribution >= 0.6 is 0 Å². The summed E-state index contributed by atoms with van der Waals surface area (Å²) in [5, 5.41) is 9.76. The molecule has 0 fully saturated rings. The second kappa shape index (κ2) is 11.3. The Balaban J connectivity index is 2.03. The van der Waals surface area contributed by atoms with Crippen molar-refractivity contribution < 1.29 is 18.3 Å². The van der Waals surface area contributed by atoms with E-state index in [9.17, 15) is 13.5 Å². The molecule has 0 spiro atoms. The number of rotatable bonds is 8. The first-order valence-electron chi connectivity index (χ1n) is 11.6. The molecule has 180 valence electrons. The van der Waals surface area contributed by atoms with Crippen LogP contribution in [0.5, 0.6) is 5.75 Å². The minimum Gasteiger partial charge on any atom is -0.487 e. The van der Waals surface area contributed by atoms with Crippen LogP contribution in [0.4, 0.5) is 0 Å². The molecule has 0 unspecified atom stereocenters. The molecule has 3 atom stereocenters. The van der Waals surface area contributed by atoms with Gasteiger partial charge in [0, 0.05) is 25.0 Å². The highest BCUT2D eigenvalue weighted by molar-refractivity contribution is 7.89. The fourth-order valence-electron chi connectivity index (χ4n) is 4.10. The molecule has 0 radical (unpaired) electrons. The van der Waals surface area contributed by atoms with Gasteiger partial charge in [-0.1, -0.05) is 62.4 Å². The van der Waals surface area contributed by atoms with Crippen molar-refractivity contribution in [1.82, 2.24) is 9.21 Å². The number of aliphatic hydroxyl groups excluding tert-OH is 1. The van der Waals surface area contributed by atoms with Gasteiger partial charge in [-0.25, -0.2) is 8.42 Å². The summed E-state index contributed by atoms with van der Waals surface area (Å²) >= 11 is 0. The van der Waals surface area contributed by atoms with Gasteiger partial charge in [0.15, 0.2) is 0 Å². The van der Waals surface area contributed by atoms with Gasteiger partial charge in [0.1, 0.15) is 16.7 Å². The normalized spacial score (nSPS) is 21.9. The molecule has 1 heterocycles. The van der Waals surface area contributed by atoms with Crippen LogP contribution in [0.15, 0.2) is 53.4 Å². The van der Waals surface area contributed by atoms with Gasteiger partial charge in [0.05, 0.1) is 6.61 Å². The summed E-state index contributed by atoms with van der Waals surface area (Å²) in [5.74, 6) is 0.312. The number of ether oxygens (including phenoxy) is 1. The first-order valence-corrected chi connectivity index (χ1v) is 13.0.